The molecule has 0 spiro atoms. The fraction of sp³-hybridized carbons (Fsp3) is 0.176. The highest BCUT2D eigenvalue weighted by Gasteiger charge is 2.53. The predicted molar refractivity (Wildman–Crippen MR) is 175 cm³/mol. The second-order valence-corrected chi connectivity index (χ2v) is 11.7. The smallest absolute Gasteiger partial charge is 0.339 e. The lowest BCUT2D eigenvalue weighted by Crippen LogP contribution is -2.62. The molecule has 1 aliphatic heterocycles. The lowest BCUT2D eigenvalue weighted by Gasteiger charge is -2.42. The normalized spacial score (nSPS) is 19.1. The molecule has 1 heterocycles. The third kappa shape index (κ3) is 7.95. The van der Waals surface area contributed by atoms with Crippen LogP contribution in [0.5, 0.6) is 69.0 Å². The fourth-order valence-electron chi connectivity index (χ4n) is 5.14. The maximum absolute atomic E-state index is 13.5. The number of aromatic hydroxyl groups is 12. The van der Waals surface area contributed by atoms with Gasteiger partial charge >= 0.3 is 23.9 Å². The zero-order valence-corrected chi connectivity index (χ0v) is 27.7. The number of aliphatic hydroxyl groups excluding tert-OH is 1. The number of hydrogen-bond acceptors (Lipinski definition) is 22. The number of rotatable bonds is 9. The van der Waals surface area contributed by atoms with Crippen LogP contribution in [-0.2, 0) is 23.7 Å². The Morgan fingerprint density at radius 3 is 1.02 bits per heavy atom. The topological polar surface area (TPSA) is 377 Å². The van der Waals surface area contributed by atoms with Crippen molar-refractivity contribution >= 4 is 23.9 Å². The summed E-state index contributed by atoms with van der Waals surface area (Å²) in [5.41, 5.74) is -2.68. The van der Waals surface area contributed by atoms with Gasteiger partial charge in [-0.1, -0.05) is 0 Å². The zero-order valence-electron chi connectivity index (χ0n) is 27.7. The summed E-state index contributed by atoms with van der Waals surface area (Å²) in [5.74, 6) is -18.2. The summed E-state index contributed by atoms with van der Waals surface area (Å²) in [7, 11) is 0. The summed E-state index contributed by atoms with van der Waals surface area (Å²) >= 11 is 0. The van der Waals surface area contributed by atoms with Crippen LogP contribution in [0, 0.1) is 0 Å². The minimum Gasteiger partial charge on any atom is -0.504 e. The lowest BCUT2D eigenvalue weighted by atomic mass is 9.97. The van der Waals surface area contributed by atoms with Gasteiger partial charge in [-0.15, -0.1) is 0 Å². The van der Waals surface area contributed by atoms with Crippen LogP contribution in [0.4, 0.5) is 0 Å². The van der Waals surface area contributed by atoms with Crippen molar-refractivity contribution < 1.29 is 109 Å². The Labute approximate surface area is 310 Å². The molecule has 56 heavy (non-hydrogen) atoms. The van der Waals surface area contributed by atoms with Gasteiger partial charge in [0.15, 0.2) is 93.6 Å². The highest BCUT2D eigenvalue weighted by molar-refractivity contribution is 5.93. The molecule has 4 aromatic carbocycles. The number of phenols is 12. The first-order valence-electron chi connectivity index (χ1n) is 15.4. The van der Waals surface area contributed by atoms with Gasteiger partial charge in [-0.25, -0.2) is 19.2 Å². The van der Waals surface area contributed by atoms with Gasteiger partial charge < -0.3 is 90.1 Å². The molecule has 4 aromatic rings. The van der Waals surface area contributed by atoms with Crippen molar-refractivity contribution in [1.82, 2.24) is 0 Å². The van der Waals surface area contributed by atoms with Crippen LogP contribution in [0.3, 0.4) is 0 Å². The van der Waals surface area contributed by atoms with Gasteiger partial charge in [-0.3, -0.25) is 0 Å². The van der Waals surface area contributed by atoms with Crippen molar-refractivity contribution in [2.45, 2.75) is 30.7 Å². The molecule has 0 amide bonds. The van der Waals surface area contributed by atoms with Crippen molar-refractivity contribution in [2.24, 2.45) is 0 Å². The molecular formula is C34H28O22. The van der Waals surface area contributed by atoms with Gasteiger partial charge in [-0.2, -0.15) is 0 Å². The second kappa shape index (κ2) is 15.3. The number of carbonyl (C=O) groups excluding carboxylic acids is 4. The Hall–Kier alpha value is -7.72. The molecule has 5 atom stereocenters. The molecule has 296 valence electrons. The molecule has 1 aliphatic rings. The molecule has 22 nitrogen and oxygen atoms in total. The quantitative estimate of drug-likeness (QED) is 0.0630. The third-order valence-electron chi connectivity index (χ3n) is 7.94. The van der Waals surface area contributed by atoms with E-state index in [1.807, 2.05) is 0 Å². The molecule has 13 N–H and O–H groups in total. The van der Waals surface area contributed by atoms with E-state index >= 15 is 0 Å². The van der Waals surface area contributed by atoms with E-state index in [0.29, 0.717) is 48.5 Å². The highest BCUT2D eigenvalue weighted by atomic mass is 16.7. The standard InChI is InChI=1S/C34H28O22/c35-14-1-10(2-15(36)23(14)43)30(47)52-9-22-27(54-31(48)11-3-16(37)24(44)17(38)4-11)28(55-32(49)12-5-18(39)25(45)19(40)6-12)29(34(51)53-22)56-33(50)13-7-20(41)26(46)21(42)8-13/h1-8,22,27-29,34-46,51H,9H2/t22-,27+,28+,29-,34+/m1/s1. The molecule has 0 bridgehead atoms. The molecule has 0 radical (unpaired) electrons. The Morgan fingerprint density at radius 2 is 0.696 bits per heavy atom. The first-order chi connectivity index (χ1) is 26.3. The van der Waals surface area contributed by atoms with E-state index in [4.69, 9.17) is 23.7 Å². The Bertz CT molecular complexity index is 2140. The van der Waals surface area contributed by atoms with E-state index in [1.54, 1.807) is 0 Å². The van der Waals surface area contributed by atoms with Crippen LogP contribution in [0.2, 0.25) is 0 Å². The molecule has 1 saturated heterocycles. The first kappa shape index (κ1) is 39.5. The Kier molecular flexibility index (Phi) is 10.8. The van der Waals surface area contributed by atoms with E-state index in [9.17, 15) is 85.6 Å². The molecule has 0 aliphatic carbocycles. The molecule has 0 unspecified atom stereocenters. The number of aliphatic hydroxyl groups is 1. The van der Waals surface area contributed by atoms with Gasteiger partial charge in [0.25, 0.3) is 0 Å². The van der Waals surface area contributed by atoms with Crippen molar-refractivity contribution in [3.8, 4) is 69.0 Å². The molecule has 5 rings (SSSR count). The summed E-state index contributed by atoms with van der Waals surface area (Å²) < 4.78 is 26.8. The Balaban J connectivity index is 1.57. The maximum Gasteiger partial charge on any atom is 0.339 e. The van der Waals surface area contributed by atoms with Gasteiger partial charge in [0.2, 0.25) is 0 Å². The average molecular weight is 789 g/mol. The van der Waals surface area contributed by atoms with Crippen LogP contribution < -0.4 is 0 Å². The average Bonchev–Trinajstić information content (AvgIpc) is 3.14. The minimum atomic E-state index is -2.43. The van der Waals surface area contributed by atoms with Gasteiger partial charge in [0, 0.05) is 0 Å². The van der Waals surface area contributed by atoms with E-state index < -0.39 is 152 Å². The largest absolute Gasteiger partial charge is 0.504 e. The molecular weight excluding hydrogens is 760 g/mol. The third-order valence-corrected chi connectivity index (χ3v) is 7.94. The molecule has 0 saturated carbocycles. The van der Waals surface area contributed by atoms with Gasteiger partial charge in [0.05, 0.1) is 22.3 Å². The number of hydrogen-bond donors (Lipinski definition) is 13. The van der Waals surface area contributed by atoms with E-state index in [-0.39, 0.29) is 0 Å². The van der Waals surface area contributed by atoms with Crippen LogP contribution >= 0.6 is 0 Å². The predicted octanol–water partition coefficient (Wildman–Crippen LogP) is 0.705. The summed E-state index contributed by atoms with van der Waals surface area (Å²) in [6.07, 6.45) is -11.2. The lowest BCUT2D eigenvalue weighted by molar-refractivity contribution is -0.284. The number of benzene rings is 4. The number of phenolic OH excluding ortho intramolecular Hbond substituents is 12. The first-order valence-corrected chi connectivity index (χ1v) is 15.4. The zero-order chi connectivity index (χ0) is 41.3. The van der Waals surface area contributed by atoms with Gasteiger partial charge in [-0.05, 0) is 48.5 Å². The van der Waals surface area contributed by atoms with E-state index in [2.05, 4.69) is 0 Å². The molecule has 22 heteroatoms. The van der Waals surface area contributed by atoms with E-state index in [1.165, 1.54) is 0 Å². The fourth-order valence-corrected chi connectivity index (χ4v) is 5.14. The number of ether oxygens (including phenoxy) is 5. The van der Waals surface area contributed by atoms with Crippen LogP contribution in [0.1, 0.15) is 41.4 Å². The van der Waals surface area contributed by atoms with Crippen molar-refractivity contribution in [2.75, 3.05) is 6.61 Å². The van der Waals surface area contributed by atoms with Crippen molar-refractivity contribution in [3.05, 3.63) is 70.8 Å². The molecule has 0 aromatic heterocycles. The summed E-state index contributed by atoms with van der Waals surface area (Å²) in [4.78, 5) is 53.1. The number of carbonyl (C=O) groups is 4. The van der Waals surface area contributed by atoms with Crippen LogP contribution in [-0.4, -0.2) is 128 Å². The molecule has 1 fully saturated rings. The van der Waals surface area contributed by atoms with Crippen LogP contribution in [0.25, 0.3) is 0 Å². The monoisotopic (exact) mass is 788 g/mol. The van der Waals surface area contributed by atoms with Crippen LogP contribution in [0.15, 0.2) is 48.5 Å². The number of esters is 4. The summed E-state index contributed by atoms with van der Waals surface area (Å²) in [6.45, 7) is -1.09. The SMILES string of the molecule is O=C(OC[C@H]1O[C@H](O)[C@H](OC(=O)c2cc(O)c(O)c(O)c2)[C@@H](OC(=O)c2cc(O)c(O)c(O)c2)[C@H]1OC(=O)c1cc(O)c(O)c(O)c1)c1cc(O)c(O)c(O)c1. The summed E-state index contributed by atoms with van der Waals surface area (Å²) in [5, 5.41) is 129. The summed E-state index contributed by atoms with van der Waals surface area (Å²) in [6, 6.07) is 4.99. The second-order valence-electron chi connectivity index (χ2n) is 11.7. The van der Waals surface area contributed by atoms with E-state index in [0.717, 1.165) is 0 Å². The Morgan fingerprint density at radius 1 is 0.429 bits per heavy atom. The van der Waals surface area contributed by atoms with Gasteiger partial charge in [0.1, 0.15) is 12.7 Å². The minimum absolute atomic E-state index is 0.570. The maximum atomic E-state index is 13.5. The highest BCUT2D eigenvalue weighted by Crippen LogP contribution is 2.40. The van der Waals surface area contributed by atoms with Crippen molar-refractivity contribution in [1.29, 1.82) is 0 Å². The van der Waals surface area contributed by atoms with Crippen molar-refractivity contribution in [3.63, 3.8) is 0 Å².